The van der Waals surface area contributed by atoms with Crippen LogP contribution in [0.5, 0.6) is 0 Å². The van der Waals surface area contributed by atoms with Gasteiger partial charge in [-0.1, -0.05) is 28.1 Å². The molecule has 1 aliphatic heterocycles. The van der Waals surface area contributed by atoms with Crippen LogP contribution in [0.25, 0.3) is 0 Å². The zero-order valence-electron chi connectivity index (χ0n) is 10.7. The van der Waals surface area contributed by atoms with E-state index in [1.807, 2.05) is 31.2 Å². The van der Waals surface area contributed by atoms with Crippen LogP contribution in [0.4, 0.5) is 0 Å². The normalized spacial score (nSPS) is 15.2. The third kappa shape index (κ3) is 3.61. The Balaban J connectivity index is 2.02. The summed E-state index contributed by atoms with van der Waals surface area (Å²) in [5.41, 5.74) is 1.85. The van der Waals surface area contributed by atoms with E-state index < -0.39 is 0 Å². The number of nitrogens with zero attached hydrogens (tertiary/aromatic N) is 1. The van der Waals surface area contributed by atoms with Crippen molar-refractivity contribution in [2.24, 2.45) is 0 Å². The number of carbonyl (C=O) groups is 1. The highest BCUT2D eigenvalue weighted by molar-refractivity contribution is 9.10. The number of aliphatic hydroxyl groups excluding tert-OH is 1. The fraction of sp³-hybridized carbons (Fsp3) is 0.357. The van der Waals surface area contributed by atoms with Crippen molar-refractivity contribution in [1.29, 1.82) is 0 Å². The van der Waals surface area contributed by atoms with Crippen LogP contribution in [0.3, 0.4) is 0 Å². The standard InChI is InChI=1S/C14H16BrNO2S/c1-10-14(6-7-17)19-9-16(10)8-13(18)11-2-4-12(15)5-3-11/h2-5,17H,6-9H2,1H3. The van der Waals surface area contributed by atoms with Gasteiger partial charge in [-0.25, -0.2) is 0 Å². The van der Waals surface area contributed by atoms with Gasteiger partial charge in [0.1, 0.15) is 0 Å². The van der Waals surface area contributed by atoms with E-state index in [0.29, 0.717) is 13.0 Å². The molecule has 102 valence electrons. The largest absolute Gasteiger partial charge is 0.396 e. The lowest BCUT2D eigenvalue weighted by molar-refractivity contribution is 0.0958. The van der Waals surface area contributed by atoms with Gasteiger partial charge in [0.05, 0.1) is 12.4 Å². The van der Waals surface area contributed by atoms with Crippen LogP contribution in [-0.2, 0) is 0 Å². The number of carbonyl (C=O) groups excluding carboxylic acids is 1. The van der Waals surface area contributed by atoms with Crippen LogP contribution in [0.2, 0.25) is 0 Å². The van der Waals surface area contributed by atoms with Gasteiger partial charge in [0.2, 0.25) is 0 Å². The minimum atomic E-state index is 0.123. The van der Waals surface area contributed by atoms with Gasteiger partial charge in [-0.3, -0.25) is 4.79 Å². The van der Waals surface area contributed by atoms with Crippen LogP contribution in [-0.4, -0.2) is 34.8 Å². The maximum atomic E-state index is 12.2. The molecule has 19 heavy (non-hydrogen) atoms. The van der Waals surface area contributed by atoms with Crippen molar-refractivity contribution in [3.05, 3.63) is 44.9 Å². The molecule has 0 fully saturated rings. The quantitative estimate of drug-likeness (QED) is 0.834. The monoisotopic (exact) mass is 341 g/mol. The Morgan fingerprint density at radius 1 is 1.42 bits per heavy atom. The van der Waals surface area contributed by atoms with E-state index in [2.05, 4.69) is 20.8 Å². The highest BCUT2D eigenvalue weighted by Crippen LogP contribution is 2.33. The minimum absolute atomic E-state index is 0.123. The molecule has 1 aromatic carbocycles. The summed E-state index contributed by atoms with van der Waals surface area (Å²) in [5.74, 6) is 0.918. The third-order valence-electron chi connectivity index (χ3n) is 3.11. The molecule has 0 saturated carbocycles. The predicted octanol–water partition coefficient (Wildman–Crippen LogP) is 3.25. The van der Waals surface area contributed by atoms with E-state index in [9.17, 15) is 4.79 Å². The number of aliphatic hydroxyl groups is 1. The topological polar surface area (TPSA) is 40.5 Å². The molecule has 1 aliphatic rings. The first-order chi connectivity index (χ1) is 9.11. The number of Topliss-reactive ketones (excluding diaryl/α,β-unsaturated/α-hetero) is 1. The van der Waals surface area contributed by atoms with Gasteiger partial charge >= 0.3 is 0 Å². The molecule has 0 aromatic heterocycles. The molecule has 0 aliphatic carbocycles. The Morgan fingerprint density at radius 3 is 2.74 bits per heavy atom. The van der Waals surface area contributed by atoms with Crippen molar-refractivity contribution in [3.63, 3.8) is 0 Å². The van der Waals surface area contributed by atoms with E-state index in [4.69, 9.17) is 5.11 Å². The van der Waals surface area contributed by atoms with Gasteiger partial charge in [-0.15, -0.1) is 11.8 Å². The fourth-order valence-corrected chi connectivity index (χ4v) is 3.39. The fourth-order valence-electron chi connectivity index (χ4n) is 1.95. The van der Waals surface area contributed by atoms with Crippen LogP contribution in [0.15, 0.2) is 39.3 Å². The summed E-state index contributed by atoms with van der Waals surface area (Å²) in [4.78, 5) is 15.4. The van der Waals surface area contributed by atoms with Gasteiger partial charge in [0, 0.05) is 33.7 Å². The Morgan fingerprint density at radius 2 is 2.11 bits per heavy atom. The maximum absolute atomic E-state index is 12.2. The number of ketones is 1. The van der Waals surface area contributed by atoms with Crippen LogP contribution in [0.1, 0.15) is 23.7 Å². The molecule has 0 unspecified atom stereocenters. The van der Waals surface area contributed by atoms with E-state index in [-0.39, 0.29) is 12.4 Å². The Hall–Kier alpha value is -0.780. The molecule has 0 atom stereocenters. The maximum Gasteiger partial charge on any atom is 0.182 e. The molecule has 0 amide bonds. The third-order valence-corrected chi connectivity index (χ3v) is 4.93. The van der Waals surface area contributed by atoms with Gasteiger partial charge in [-0.2, -0.15) is 0 Å². The van der Waals surface area contributed by atoms with Crippen molar-refractivity contribution in [2.45, 2.75) is 13.3 Å². The zero-order chi connectivity index (χ0) is 13.8. The Bertz CT molecular complexity index is 499. The molecular weight excluding hydrogens is 326 g/mol. The summed E-state index contributed by atoms with van der Waals surface area (Å²) < 4.78 is 0.974. The first-order valence-electron chi connectivity index (χ1n) is 6.09. The van der Waals surface area contributed by atoms with Crippen molar-refractivity contribution < 1.29 is 9.90 Å². The molecule has 0 spiro atoms. The summed E-state index contributed by atoms with van der Waals surface area (Å²) >= 11 is 5.07. The number of halogens is 1. The summed E-state index contributed by atoms with van der Waals surface area (Å²) in [6, 6.07) is 7.43. The van der Waals surface area contributed by atoms with Crippen molar-refractivity contribution >= 4 is 33.5 Å². The second-order valence-electron chi connectivity index (χ2n) is 4.38. The molecule has 1 heterocycles. The number of allylic oxidation sites excluding steroid dienone is 1. The number of benzene rings is 1. The second-order valence-corrected chi connectivity index (χ2v) is 6.34. The molecule has 0 radical (unpaired) electrons. The number of hydrogen-bond donors (Lipinski definition) is 1. The van der Waals surface area contributed by atoms with E-state index >= 15 is 0 Å². The molecule has 2 rings (SSSR count). The van der Waals surface area contributed by atoms with Crippen molar-refractivity contribution in [3.8, 4) is 0 Å². The lowest BCUT2D eigenvalue weighted by Crippen LogP contribution is -2.25. The van der Waals surface area contributed by atoms with Gasteiger partial charge in [0.15, 0.2) is 5.78 Å². The van der Waals surface area contributed by atoms with Crippen LogP contribution in [0, 0.1) is 0 Å². The minimum Gasteiger partial charge on any atom is -0.396 e. The molecule has 3 nitrogen and oxygen atoms in total. The lowest BCUT2D eigenvalue weighted by atomic mass is 10.1. The molecule has 0 bridgehead atoms. The number of thioether (sulfide) groups is 1. The molecule has 1 N–H and O–H groups in total. The SMILES string of the molecule is CC1=C(CCO)SCN1CC(=O)c1ccc(Br)cc1. The van der Waals surface area contributed by atoms with Gasteiger partial charge in [-0.05, 0) is 19.1 Å². The zero-order valence-corrected chi connectivity index (χ0v) is 13.1. The van der Waals surface area contributed by atoms with E-state index in [1.165, 1.54) is 4.91 Å². The van der Waals surface area contributed by atoms with E-state index in [0.717, 1.165) is 21.6 Å². The summed E-state index contributed by atoms with van der Waals surface area (Å²) in [7, 11) is 0. The van der Waals surface area contributed by atoms with Gasteiger partial charge in [0.25, 0.3) is 0 Å². The average Bonchev–Trinajstić information content (AvgIpc) is 2.73. The van der Waals surface area contributed by atoms with Crippen molar-refractivity contribution in [1.82, 2.24) is 4.90 Å². The molecule has 1 aromatic rings. The summed E-state index contributed by atoms with van der Waals surface area (Å²) in [5, 5.41) is 8.98. The van der Waals surface area contributed by atoms with Crippen LogP contribution < -0.4 is 0 Å². The highest BCUT2D eigenvalue weighted by atomic mass is 79.9. The highest BCUT2D eigenvalue weighted by Gasteiger charge is 2.21. The number of rotatable bonds is 5. The Kier molecular flexibility index (Phi) is 5.07. The molecular formula is C14H16BrNO2S. The first-order valence-corrected chi connectivity index (χ1v) is 7.87. The lowest BCUT2D eigenvalue weighted by Gasteiger charge is -2.18. The van der Waals surface area contributed by atoms with Crippen molar-refractivity contribution in [2.75, 3.05) is 19.0 Å². The van der Waals surface area contributed by atoms with Crippen LogP contribution >= 0.6 is 27.7 Å². The number of hydrogen-bond acceptors (Lipinski definition) is 4. The second kappa shape index (κ2) is 6.59. The molecule has 5 heteroatoms. The van der Waals surface area contributed by atoms with Gasteiger partial charge < -0.3 is 10.0 Å². The first kappa shape index (κ1) is 14.6. The average molecular weight is 342 g/mol. The smallest absolute Gasteiger partial charge is 0.182 e. The Labute approximate surface area is 125 Å². The predicted molar refractivity (Wildman–Crippen MR) is 82.0 cm³/mol. The molecule has 0 saturated heterocycles. The summed E-state index contributed by atoms with van der Waals surface area (Å²) in [6.45, 7) is 2.57. The summed E-state index contributed by atoms with van der Waals surface area (Å²) in [6.07, 6.45) is 0.680. The van der Waals surface area contributed by atoms with E-state index in [1.54, 1.807) is 11.8 Å².